The summed E-state index contributed by atoms with van der Waals surface area (Å²) in [4.78, 5) is 21.9. The topological polar surface area (TPSA) is 69.0 Å². The molecular formula is C25H30N4O2. The molecule has 0 spiro atoms. The standard InChI is InChI=1S/C25H30N4O2/c1-17-14-20(12-13-26-17)19-10-8-18(9-11-19)15-27-25(30)24-23(28-16-29(24)2)21-6-4-5-7-22(21)31-3/h4-7,12-14,16,18-19H,8-11,15H2,1-3H3,(H,27,30). The smallest absolute Gasteiger partial charge is 0.270 e. The summed E-state index contributed by atoms with van der Waals surface area (Å²) >= 11 is 0. The molecule has 0 aliphatic heterocycles. The van der Waals surface area contributed by atoms with Crippen molar-refractivity contribution in [3.05, 3.63) is 65.9 Å². The fraction of sp³-hybridized carbons (Fsp3) is 0.400. The Morgan fingerprint density at radius 3 is 2.68 bits per heavy atom. The van der Waals surface area contributed by atoms with E-state index < -0.39 is 0 Å². The second-order valence-corrected chi connectivity index (χ2v) is 8.41. The van der Waals surface area contributed by atoms with Gasteiger partial charge in [-0.2, -0.15) is 0 Å². The lowest BCUT2D eigenvalue weighted by Crippen LogP contribution is -2.32. The number of nitrogens with one attached hydrogen (secondary N) is 1. The van der Waals surface area contributed by atoms with Crippen LogP contribution in [0, 0.1) is 12.8 Å². The van der Waals surface area contributed by atoms with Gasteiger partial charge in [0.05, 0.1) is 13.4 Å². The van der Waals surface area contributed by atoms with Crippen molar-refractivity contribution >= 4 is 5.91 Å². The van der Waals surface area contributed by atoms with Crippen LogP contribution in [0.2, 0.25) is 0 Å². The number of carbonyl (C=O) groups excluding carboxylic acids is 1. The molecular weight excluding hydrogens is 388 g/mol. The van der Waals surface area contributed by atoms with Crippen molar-refractivity contribution in [3.8, 4) is 17.0 Å². The quantitative estimate of drug-likeness (QED) is 0.640. The molecule has 0 bridgehead atoms. The highest BCUT2D eigenvalue weighted by Gasteiger charge is 2.25. The molecule has 0 unspecified atom stereocenters. The van der Waals surface area contributed by atoms with Crippen LogP contribution in [0.3, 0.4) is 0 Å². The van der Waals surface area contributed by atoms with Gasteiger partial charge < -0.3 is 14.6 Å². The van der Waals surface area contributed by atoms with Crippen molar-refractivity contribution in [3.63, 3.8) is 0 Å². The number of rotatable bonds is 6. The Labute approximate surface area is 183 Å². The number of hydrogen-bond donors (Lipinski definition) is 1. The van der Waals surface area contributed by atoms with Gasteiger partial charge in [0, 0.05) is 31.0 Å². The molecule has 2 heterocycles. The van der Waals surface area contributed by atoms with E-state index in [4.69, 9.17) is 4.74 Å². The first kappa shape index (κ1) is 21.1. The molecule has 6 nitrogen and oxygen atoms in total. The summed E-state index contributed by atoms with van der Waals surface area (Å²) in [5, 5.41) is 3.16. The van der Waals surface area contributed by atoms with Crippen LogP contribution in [0.5, 0.6) is 5.75 Å². The molecule has 1 saturated carbocycles. The third kappa shape index (κ3) is 4.63. The third-order valence-electron chi connectivity index (χ3n) is 6.30. The van der Waals surface area contributed by atoms with Crippen molar-refractivity contribution in [1.29, 1.82) is 0 Å². The zero-order chi connectivity index (χ0) is 21.8. The molecule has 1 N–H and O–H groups in total. The second kappa shape index (κ2) is 9.33. The number of para-hydroxylation sites is 1. The highest BCUT2D eigenvalue weighted by atomic mass is 16.5. The monoisotopic (exact) mass is 418 g/mol. The van der Waals surface area contributed by atoms with Crippen molar-refractivity contribution in [2.45, 2.75) is 38.5 Å². The minimum absolute atomic E-state index is 0.0900. The maximum absolute atomic E-state index is 13.1. The molecule has 6 heteroatoms. The molecule has 0 saturated heterocycles. The first-order valence-corrected chi connectivity index (χ1v) is 10.9. The number of carbonyl (C=O) groups is 1. The Kier molecular flexibility index (Phi) is 6.35. The fourth-order valence-electron chi connectivity index (χ4n) is 4.58. The van der Waals surface area contributed by atoms with E-state index in [0.29, 0.717) is 35.5 Å². The van der Waals surface area contributed by atoms with Gasteiger partial charge >= 0.3 is 0 Å². The van der Waals surface area contributed by atoms with E-state index in [1.165, 1.54) is 5.56 Å². The largest absolute Gasteiger partial charge is 0.496 e. The van der Waals surface area contributed by atoms with Crippen LogP contribution in [0.25, 0.3) is 11.3 Å². The average Bonchev–Trinajstić information content (AvgIpc) is 3.19. The van der Waals surface area contributed by atoms with Gasteiger partial charge in [0.15, 0.2) is 0 Å². The van der Waals surface area contributed by atoms with Crippen molar-refractivity contribution in [1.82, 2.24) is 19.9 Å². The number of pyridine rings is 1. The van der Waals surface area contributed by atoms with Gasteiger partial charge in [-0.3, -0.25) is 9.78 Å². The number of aromatic nitrogens is 3. The maximum atomic E-state index is 13.1. The van der Waals surface area contributed by atoms with Crippen molar-refractivity contribution < 1.29 is 9.53 Å². The van der Waals surface area contributed by atoms with Gasteiger partial charge in [-0.05, 0) is 74.3 Å². The average molecular weight is 419 g/mol. The molecule has 0 radical (unpaired) electrons. The summed E-state index contributed by atoms with van der Waals surface area (Å²) in [7, 11) is 3.48. The van der Waals surface area contributed by atoms with E-state index in [0.717, 1.165) is 36.9 Å². The molecule has 1 fully saturated rings. The summed E-state index contributed by atoms with van der Waals surface area (Å²) < 4.78 is 7.25. The summed E-state index contributed by atoms with van der Waals surface area (Å²) in [5.74, 6) is 1.72. The Morgan fingerprint density at radius 1 is 1.16 bits per heavy atom. The summed E-state index contributed by atoms with van der Waals surface area (Å²) in [6.07, 6.45) is 8.14. The van der Waals surface area contributed by atoms with E-state index in [9.17, 15) is 4.79 Å². The minimum Gasteiger partial charge on any atom is -0.496 e. The Balaban J connectivity index is 1.39. The first-order valence-electron chi connectivity index (χ1n) is 10.9. The van der Waals surface area contributed by atoms with Gasteiger partial charge in [-0.25, -0.2) is 4.98 Å². The molecule has 1 aliphatic rings. The van der Waals surface area contributed by atoms with Gasteiger partial charge in [0.2, 0.25) is 0 Å². The predicted octanol–water partition coefficient (Wildman–Crippen LogP) is 4.50. The highest BCUT2D eigenvalue weighted by Crippen LogP contribution is 2.36. The van der Waals surface area contributed by atoms with Crippen LogP contribution in [0.15, 0.2) is 48.9 Å². The van der Waals surface area contributed by atoms with Crippen molar-refractivity contribution in [2.75, 3.05) is 13.7 Å². The summed E-state index contributed by atoms with van der Waals surface area (Å²) in [6, 6.07) is 12.0. The number of aryl methyl sites for hydroxylation is 2. The van der Waals surface area contributed by atoms with Gasteiger partial charge in [0.25, 0.3) is 5.91 Å². The number of ether oxygens (including phenoxy) is 1. The summed E-state index contributed by atoms with van der Waals surface area (Å²) in [6.45, 7) is 2.74. The summed E-state index contributed by atoms with van der Waals surface area (Å²) in [5.41, 5.74) is 4.50. The van der Waals surface area contributed by atoms with E-state index in [1.54, 1.807) is 18.0 Å². The Bertz CT molecular complexity index is 1050. The van der Waals surface area contributed by atoms with Crippen LogP contribution in [0.1, 0.15) is 53.3 Å². The number of benzene rings is 1. The van der Waals surface area contributed by atoms with E-state index in [-0.39, 0.29) is 5.91 Å². The fourth-order valence-corrected chi connectivity index (χ4v) is 4.58. The lowest BCUT2D eigenvalue weighted by atomic mass is 9.79. The molecule has 31 heavy (non-hydrogen) atoms. The first-order chi connectivity index (χ1) is 15.1. The zero-order valence-electron chi connectivity index (χ0n) is 18.5. The number of imidazole rings is 1. The molecule has 1 aliphatic carbocycles. The SMILES string of the molecule is COc1ccccc1-c1ncn(C)c1C(=O)NCC1CCC(c2ccnc(C)c2)CC1. The number of amides is 1. The number of methoxy groups -OCH3 is 1. The molecule has 1 aromatic carbocycles. The van der Waals surface area contributed by atoms with Gasteiger partial charge in [-0.15, -0.1) is 0 Å². The molecule has 3 aromatic rings. The third-order valence-corrected chi connectivity index (χ3v) is 6.30. The maximum Gasteiger partial charge on any atom is 0.270 e. The molecule has 4 rings (SSSR count). The normalized spacial score (nSPS) is 18.5. The van der Waals surface area contributed by atoms with E-state index in [1.807, 2.05) is 44.4 Å². The van der Waals surface area contributed by atoms with Gasteiger partial charge in [0.1, 0.15) is 17.1 Å². The number of nitrogens with zero attached hydrogens (tertiary/aromatic N) is 3. The lowest BCUT2D eigenvalue weighted by molar-refractivity contribution is 0.0935. The molecule has 162 valence electrons. The van der Waals surface area contributed by atoms with Crippen LogP contribution >= 0.6 is 0 Å². The lowest BCUT2D eigenvalue weighted by Gasteiger charge is -2.29. The van der Waals surface area contributed by atoms with Crippen LogP contribution in [-0.2, 0) is 7.05 Å². The highest BCUT2D eigenvalue weighted by molar-refractivity contribution is 5.99. The second-order valence-electron chi connectivity index (χ2n) is 8.41. The van der Waals surface area contributed by atoms with Crippen LogP contribution in [-0.4, -0.2) is 34.1 Å². The zero-order valence-corrected chi connectivity index (χ0v) is 18.5. The molecule has 1 amide bonds. The number of hydrogen-bond acceptors (Lipinski definition) is 4. The molecule has 0 atom stereocenters. The van der Waals surface area contributed by atoms with E-state index in [2.05, 4.69) is 27.4 Å². The van der Waals surface area contributed by atoms with Gasteiger partial charge in [-0.1, -0.05) is 12.1 Å². The Hall–Kier alpha value is -3.15. The Morgan fingerprint density at radius 2 is 1.94 bits per heavy atom. The van der Waals surface area contributed by atoms with Crippen molar-refractivity contribution in [2.24, 2.45) is 13.0 Å². The van der Waals surface area contributed by atoms with Crippen LogP contribution < -0.4 is 10.1 Å². The molecule has 2 aromatic heterocycles. The predicted molar refractivity (Wildman–Crippen MR) is 121 cm³/mol. The minimum atomic E-state index is -0.0900. The van der Waals surface area contributed by atoms with Crippen LogP contribution in [0.4, 0.5) is 0 Å². The van der Waals surface area contributed by atoms with E-state index >= 15 is 0 Å².